The Morgan fingerprint density at radius 1 is 1.29 bits per heavy atom. The first kappa shape index (κ1) is 12.7. The van der Waals surface area contributed by atoms with E-state index in [9.17, 15) is 4.39 Å². The lowest BCUT2D eigenvalue weighted by atomic mass is 10.1. The van der Waals surface area contributed by atoms with E-state index in [0.29, 0.717) is 0 Å². The number of halogens is 2. The second kappa shape index (κ2) is 5.29. The molecule has 0 spiro atoms. The first-order chi connectivity index (χ1) is 8.11. The zero-order chi connectivity index (χ0) is 12.4. The van der Waals surface area contributed by atoms with E-state index in [2.05, 4.69) is 34.2 Å². The Labute approximate surface area is 113 Å². The lowest BCUT2D eigenvalue weighted by molar-refractivity contribution is 0.624. The summed E-state index contributed by atoms with van der Waals surface area (Å²) in [6.45, 7) is 2.08. The number of hydrogen-bond acceptors (Lipinski definition) is 2. The molecule has 1 atom stereocenters. The molecule has 2 rings (SSSR count). The van der Waals surface area contributed by atoms with Crippen LogP contribution in [0, 0.1) is 12.7 Å². The fraction of sp³-hybridized carbons (Fsp3) is 0.231. The van der Waals surface area contributed by atoms with Crippen LogP contribution < -0.4 is 5.32 Å². The molecule has 1 nitrogen and oxygen atoms in total. The minimum atomic E-state index is -0.202. The van der Waals surface area contributed by atoms with Crippen LogP contribution >= 0.6 is 27.3 Å². The number of hydrogen-bond donors (Lipinski definition) is 1. The van der Waals surface area contributed by atoms with E-state index >= 15 is 0 Å². The highest BCUT2D eigenvalue weighted by atomic mass is 79.9. The quantitative estimate of drug-likeness (QED) is 0.892. The third-order valence-corrected chi connectivity index (χ3v) is 4.85. The van der Waals surface area contributed by atoms with Crippen LogP contribution in [0.2, 0.25) is 0 Å². The van der Waals surface area contributed by atoms with Gasteiger partial charge < -0.3 is 5.32 Å². The van der Waals surface area contributed by atoms with Gasteiger partial charge in [0.25, 0.3) is 0 Å². The van der Waals surface area contributed by atoms with Crippen LogP contribution in [0.5, 0.6) is 0 Å². The van der Waals surface area contributed by atoms with Crippen molar-refractivity contribution in [3.8, 4) is 0 Å². The fourth-order valence-electron chi connectivity index (χ4n) is 1.75. The van der Waals surface area contributed by atoms with Crippen LogP contribution in [0.15, 0.2) is 34.8 Å². The van der Waals surface area contributed by atoms with Gasteiger partial charge in [0.05, 0.1) is 6.04 Å². The summed E-state index contributed by atoms with van der Waals surface area (Å²) in [4.78, 5) is 2.48. The highest BCUT2D eigenvalue weighted by molar-refractivity contribution is 9.10. The minimum Gasteiger partial charge on any atom is -0.309 e. The lowest BCUT2D eigenvalue weighted by Crippen LogP contribution is -2.16. The molecular weight excluding hydrogens is 301 g/mol. The van der Waals surface area contributed by atoms with Crippen molar-refractivity contribution in [3.05, 3.63) is 55.9 Å². The van der Waals surface area contributed by atoms with Crippen molar-refractivity contribution in [1.29, 1.82) is 0 Å². The molecule has 0 saturated heterocycles. The summed E-state index contributed by atoms with van der Waals surface area (Å²) in [7, 11) is 1.91. The molecule has 0 amide bonds. The first-order valence-electron chi connectivity index (χ1n) is 5.30. The predicted molar refractivity (Wildman–Crippen MR) is 74.1 cm³/mol. The monoisotopic (exact) mass is 313 g/mol. The standard InChI is InChI=1S/C13H13BrFNS/c1-8-11(14)7-12(17-8)13(16-2)9-3-5-10(15)6-4-9/h3-7,13,16H,1-2H3. The van der Waals surface area contributed by atoms with Gasteiger partial charge in [-0.15, -0.1) is 11.3 Å². The van der Waals surface area contributed by atoms with E-state index in [0.717, 1.165) is 10.0 Å². The van der Waals surface area contributed by atoms with Crippen molar-refractivity contribution in [3.63, 3.8) is 0 Å². The number of rotatable bonds is 3. The average Bonchev–Trinajstić information content (AvgIpc) is 2.63. The van der Waals surface area contributed by atoms with Crippen molar-refractivity contribution < 1.29 is 4.39 Å². The average molecular weight is 314 g/mol. The maximum Gasteiger partial charge on any atom is 0.123 e. The summed E-state index contributed by atoms with van der Waals surface area (Å²) in [5.74, 6) is -0.202. The molecule has 1 N–H and O–H groups in total. The normalized spacial score (nSPS) is 12.7. The van der Waals surface area contributed by atoms with Gasteiger partial charge in [0, 0.05) is 14.2 Å². The molecule has 1 aromatic carbocycles. The molecule has 0 aliphatic rings. The Bertz CT molecular complexity index is 487. The molecule has 1 aromatic heterocycles. The number of thiophene rings is 1. The third kappa shape index (κ3) is 2.76. The van der Waals surface area contributed by atoms with E-state index in [4.69, 9.17) is 0 Å². The Kier molecular flexibility index (Phi) is 3.97. The van der Waals surface area contributed by atoms with Gasteiger partial charge >= 0.3 is 0 Å². The Hall–Kier alpha value is -0.710. The molecule has 0 fully saturated rings. The minimum absolute atomic E-state index is 0.116. The highest BCUT2D eigenvalue weighted by Crippen LogP contribution is 2.33. The van der Waals surface area contributed by atoms with E-state index in [1.165, 1.54) is 21.9 Å². The molecule has 2 aromatic rings. The van der Waals surface area contributed by atoms with E-state index in [1.807, 2.05) is 19.2 Å². The van der Waals surface area contributed by atoms with Gasteiger partial charge in [-0.25, -0.2) is 4.39 Å². The van der Waals surface area contributed by atoms with Crippen molar-refractivity contribution in [2.75, 3.05) is 7.05 Å². The van der Waals surface area contributed by atoms with Crippen LogP contribution in [-0.2, 0) is 0 Å². The number of aryl methyl sites for hydroxylation is 1. The van der Waals surface area contributed by atoms with Crippen LogP contribution in [0.1, 0.15) is 21.4 Å². The SMILES string of the molecule is CNC(c1ccc(F)cc1)c1cc(Br)c(C)s1. The molecule has 1 heterocycles. The van der Waals surface area contributed by atoms with E-state index in [-0.39, 0.29) is 11.9 Å². The molecule has 0 bridgehead atoms. The Balaban J connectivity index is 2.36. The molecule has 0 aliphatic heterocycles. The van der Waals surface area contributed by atoms with Gasteiger partial charge in [-0.1, -0.05) is 12.1 Å². The zero-order valence-electron chi connectivity index (χ0n) is 9.63. The van der Waals surface area contributed by atoms with Gasteiger partial charge in [0.2, 0.25) is 0 Å². The largest absolute Gasteiger partial charge is 0.309 e. The van der Waals surface area contributed by atoms with Crippen molar-refractivity contribution in [2.24, 2.45) is 0 Å². The van der Waals surface area contributed by atoms with Crippen LogP contribution in [0.3, 0.4) is 0 Å². The molecular formula is C13H13BrFNS. The van der Waals surface area contributed by atoms with Gasteiger partial charge in [-0.05, 0) is 53.7 Å². The smallest absolute Gasteiger partial charge is 0.123 e. The first-order valence-corrected chi connectivity index (χ1v) is 6.91. The van der Waals surface area contributed by atoms with E-state index < -0.39 is 0 Å². The zero-order valence-corrected chi connectivity index (χ0v) is 12.0. The number of benzene rings is 1. The topological polar surface area (TPSA) is 12.0 Å². The molecule has 4 heteroatoms. The van der Waals surface area contributed by atoms with Gasteiger partial charge in [-0.3, -0.25) is 0 Å². The summed E-state index contributed by atoms with van der Waals surface area (Å²) in [6.07, 6.45) is 0. The molecule has 17 heavy (non-hydrogen) atoms. The molecule has 0 saturated carbocycles. The Morgan fingerprint density at radius 3 is 2.41 bits per heavy atom. The second-order valence-electron chi connectivity index (χ2n) is 3.83. The Morgan fingerprint density at radius 2 is 1.94 bits per heavy atom. The van der Waals surface area contributed by atoms with E-state index in [1.54, 1.807) is 11.3 Å². The van der Waals surface area contributed by atoms with Gasteiger partial charge in [0.1, 0.15) is 5.82 Å². The maximum absolute atomic E-state index is 12.9. The maximum atomic E-state index is 12.9. The summed E-state index contributed by atoms with van der Waals surface area (Å²) < 4.78 is 14.0. The van der Waals surface area contributed by atoms with Crippen molar-refractivity contribution >= 4 is 27.3 Å². The number of nitrogens with one attached hydrogen (secondary N) is 1. The van der Waals surface area contributed by atoms with Gasteiger partial charge in [-0.2, -0.15) is 0 Å². The molecule has 0 aliphatic carbocycles. The molecule has 0 radical (unpaired) electrons. The summed E-state index contributed by atoms with van der Waals surface area (Å²) in [5.41, 5.74) is 1.07. The van der Waals surface area contributed by atoms with Crippen LogP contribution in [0.4, 0.5) is 4.39 Å². The lowest BCUT2D eigenvalue weighted by Gasteiger charge is -2.14. The third-order valence-electron chi connectivity index (χ3n) is 2.65. The predicted octanol–water partition coefficient (Wildman–Crippen LogP) is 4.27. The van der Waals surface area contributed by atoms with Crippen molar-refractivity contribution in [1.82, 2.24) is 5.32 Å². The summed E-state index contributed by atoms with van der Waals surface area (Å²) in [6, 6.07) is 8.86. The highest BCUT2D eigenvalue weighted by Gasteiger charge is 2.15. The second-order valence-corrected chi connectivity index (χ2v) is 5.97. The van der Waals surface area contributed by atoms with Crippen LogP contribution in [0.25, 0.3) is 0 Å². The molecule has 90 valence electrons. The van der Waals surface area contributed by atoms with Crippen LogP contribution in [-0.4, -0.2) is 7.05 Å². The fourth-order valence-corrected chi connectivity index (χ4v) is 3.45. The van der Waals surface area contributed by atoms with Crippen molar-refractivity contribution in [2.45, 2.75) is 13.0 Å². The molecule has 1 unspecified atom stereocenters. The van der Waals surface area contributed by atoms with Gasteiger partial charge in [0.15, 0.2) is 0 Å². The summed E-state index contributed by atoms with van der Waals surface area (Å²) in [5, 5.41) is 3.26. The summed E-state index contributed by atoms with van der Waals surface area (Å²) >= 11 is 5.26.